The van der Waals surface area contributed by atoms with Crippen LogP contribution in [0.3, 0.4) is 0 Å². The second-order valence-corrected chi connectivity index (χ2v) is 6.34. The lowest BCUT2D eigenvalue weighted by Gasteiger charge is -2.38. The first-order chi connectivity index (χ1) is 6.52. The lowest BCUT2D eigenvalue weighted by Crippen LogP contribution is -2.46. The van der Waals surface area contributed by atoms with Crippen LogP contribution in [0.2, 0.25) is 0 Å². The van der Waals surface area contributed by atoms with Crippen LogP contribution in [0.25, 0.3) is 0 Å². The number of hydrogen-bond acceptors (Lipinski definition) is 3. The molecule has 0 saturated carbocycles. The molecule has 2 nitrogen and oxygen atoms in total. The second-order valence-electron chi connectivity index (χ2n) is 5.19. The largest absolute Gasteiger partial charge is 0.301 e. The smallest absolute Gasteiger partial charge is 0.0705 e. The Hall–Kier alpha value is 0.270. The maximum Gasteiger partial charge on any atom is 0.0705 e. The summed E-state index contributed by atoms with van der Waals surface area (Å²) in [5.74, 6) is 3.06. The molecule has 1 atom stereocenters. The van der Waals surface area contributed by atoms with Gasteiger partial charge in [-0.05, 0) is 23.5 Å². The minimum absolute atomic E-state index is 0.377. The maximum absolute atomic E-state index is 5.51. The Kier molecular flexibility index (Phi) is 4.74. The molecule has 0 aliphatic carbocycles. The van der Waals surface area contributed by atoms with E-state index in [0.717, 1.165) is 6.61 Å². The summed E-state index contributed by atoms with van der Waals surface area (Å²) in [6.07, 6.45) is 1.28. The van der Waals surface area contributed by atoms with Gasteiger partial charge in [0.2, 0.25) is 0 Å². The van der Waals surface area contributed by atoms with E-state index >= 15 is 0 Å². The van der Waals surface area contributed by atoms with Gasteiger partial charge in [-0.2, -0.15) is 17.2 Å². The molecule has 1 aliphatic rings. The molecule has 1 N–H and O–H groups in total. The molecule has 0 amide bonds. The Morgan fingerprint density at radius 1 is 1.50 bits per heavy atom. The van der Waals surface area contributed by atoms with Gasteiger partial charge in [-0.3, -0.25) is 0 Å². The van der Waals surface area contributed by atoms with Crippen LogP contribution in [0.15, 0.2) is 0 Å². The van der Waals surface area contributed by atoms with E-state index in [2.05, 4.69) is 33.2 Å². The molecular weight excluding hydrogens is 194 g/mol. The minimum atomic E-state index is 0.377. The fourth-order valence-electron chi connectivity index (χ4n) is 1.45. The zero-order valence-corrected chi connectivity index (χ0v) is 10.6. The Balaban J connectivity index is 2.27. The van der Waals surface area contributed by atoms with E-state index in [9.17, 15) is 0 Å². The van der Waals surface area contributed by atoms with Crippen molar-refractivity contribution < 1.29 is 4.84 Å². The van der Waals surface area contributed by atoms with E-state index in [-0.39, 0.29) is 0 Å². The first kappa shape index (κ1) is 12.3. The van der Waals surface area contributed by atoms with Gasteiger partial charge >= 0.3 is 0 Å². The third-order valence-corrected chi connectivity index (χ3v) is 3.82. The molecule has 1 heterocycles. The van der Waals surface area contributed by atoms with Gasteiger partial charge in [-0.1, -0.05) is 27.7 Å². The van der Waals surface area contributed by atoms with Crippen LogP contribution in [0, 0.1) is 11.3 Å². The van der Waals surface area contributed by atoms with Crippen LogP contribution in [0.1, 0.15) is 34.1 Å². The van der Waals surface area contributed by atoms with Gasteiger partial charge in [-0.15, -0.1) is 0 Å². The van der Waals surface area contributed by atoms with Gasteiger partial charge in [0, 0.05) is 11.8 Å². The summed E-state index contributed by atoms with van der Waals surface area (Å²) in [6.45, 7) is 9.79. The standard InChI is InChI=1S/C11H23NOS/c1-9(2)7-13-12-10-8-14-6-5-11(10,3)4/h9-10,12H,5-8H2,1-4H3. The van der Waals surface area contributed by atoms with Gasteiger partial charge < -0.3 is 4.84 Å². The van der Waals surface area contributed by atoms with Crippen LogP contribution >= 0.6 is 11.8 Å². The van der Waals surface area contributed by atoms with Crippen molar-refractivity contribution in [2.45, 2.75) is 40.2 Å². The molecule has 0 radical (unpaired) electrons. The highest BCUT2D eigenvalue weighted by Gasteiger charge is 2.32. The second kappa shape index (κ2) is 5.38. The molecule has 14 heavy (non-hydrogen) atoms. The highest BCUT2D eigenvalue weighted by Crippen LogP contribution is 2.34. The monoisotopic (exact) mass is 217 g/mol. The van der Waals surface area contributed by atoms with Gasteiger partial charge in [0.1, 0.15) is 0 Å². The Labute approximate surface area is 92.1 Å². The highest BCUT2D eigenvalue weighted by atomic mass is 32.2. The summed E-state index contributed by atoms with van der Waals surface area (Å²) < 4.78 is 0. The molecule has 3 heteroatoms. The molecular formula is C11H23NOS. The minimum Gasteiger partial charge on any atom is -0.301 e. The van der Waals surface area contributed by atoms with E-state index in [1.807, 2.05) is 11.8 Å². The van der Waals surface area contributed by atoms with Crippen LogP contribution < -0.4 is 5.48 Å². The normalized spacial score (nSPS) is 26.8. The molecule has 0 aromatic rings. The van der Waals surface area contributed by atoms with Crippen LogP contribution in [0.5, 0.6) is 0 Å². The van der Waals surface area contributed by atoms with Crippen molar-refractivity contribution in [2.24, 2.45) is 11.3 Å². The summed E-state index contributed by atoms with van der Waals surface area (Å²) in [7, 11) is 0. The van der Waals surface area contributed by atoms with Crippen LogP contribution in [0.4, 0.5) is 0 Å². The molecule has 1 saturated heterocycles. The Morgan fingerprint density at radius 2 is 2.21 bits per heavy atom. The fraction of sp³-hybridized carbons (Fsp3) is 1.00. The average Bonchev–Trinajstić information content (AvgIpc) is 2.07. The van der Waals surface area contributed by atoms with Crippen LogP contribution in [-0.2, 0) is 4.84 Å². The predicted molar refractivity (Wildman–Crippen MR) is 63.4 cm³/mol. The third kappa shape index (κ3) is 3.79. The zero-order chi connectivity index (χ0) is 10.6. The number of hydrogen-bond donors (Lipinski definition) is 1. The average molecular weight is 217 g/mol. The van der Waals surface area contributed by atoms with Crippen molar-refractivity contribution in [3.63, 3.8) is 0 Å². The topological polar surface area (TPSA) is 21.3 Å². The van der Waals surface area contributed by atoms with Crippen molar-refractivity contribution in [2.75, 3.05) is 18.1 Å². The van der Waals surface area contributed by atoms with Gasteiger partial charge in [0.25, 0.3) is 0 Å². The molecule has 1 aliphatic heterocycles. The van der Waals surface area contributed by atoms with Gasteiger partial charge in [0.05, 0.1) is 6.61 Å². The summed E-state index contributed by atoms with van der Waals surface area (Å²) in [5, 5.41) is 0. The summed E-state index contributed by atoms with van der Waals surface area (Å²) in [6, 6.07) is 0.500. The quantitative estimate of drug-likeness (QED) is 0.732. The third-order valence-electron chi connectivity index (χ3n) is 2.76. The SMILES string of the molecule is CC(C)CONC1CSCCC1(C)C. The first-order valence-corrected chi connectivity index (χ1v) is 6.63. The number of rotatable bonds is 4. The summed E-state index contributed by atoms with van der Waals surface area (Å²) in [5.41, 5.74) is 3.60. The lowest BCUT2D eigenvalue weighted by atomic mass is 9.83. The van der Waals surface area contributed by atoms with E-state index < -0.39 is 0 Å². The molecule has 0 aromatic carbocycles. The van der Waals surface area contributed by atoms with Gasteiger partial charge in [-0.25, -0.2) is 0 Å². The van der Waals surface area contributed by atoms with E-state index in [0.29, 0.717) is 17.4 Å². The Bertz CT molecular complexity index is 171. The van der Waals surface area contributed by atoms with Crippen LogP contribution in [-0.4, -0.2) is 24.2 Å². The number of hydroxylamine groups is 1. The molecule has 1 fully saturated rings. The van der Waals surface area contributed by atoms with E-state index in [1.165, 1.54) is 17.9 Å². The number of thioether (sulfide) groups is 1. The van der Waals surface area contributed by atoms with Crippen molar-refractivity contribution in [3.05, 3.63) is 0 Å². The number of nitrogens with one attached hydrogen (secondary N) is 1. The van der Waals surface area contributed by atoms with E-state index in [1.54, 1.807) is 0 Å². The van der Waals surface area contributed by atoms with Gasteiger partial charge in [0.15, 0.2) is 0 Å². The summed E-state index contributed by atoms with van der Waals surface area (Å²) in [4.78, 5) is 5.51. The van der Waals surface area contributed by atoms with Crippen molar-refractivity contribution in [1.29, 1.82) is 0 Å². The molecule has 0 spiro atoms. The Morgan fingerprint density at radius 3 is 2.79 bits per heavy atom. The molecule has 1 unspecified atom stereocenters. The molecule has 0 aromatic heterocycles. The lowest BCUT2D eigenvalue weighted by molar-refractivity contribution is -0.0225. The fourth-order valence-corrected chi connectivity index (χ4v) is 3.04. The van der Waals surface area contributed by atoms with Crippen molar-refractivity contribution >= 4 is 11.8 Å². The van der Waals surface area contributed by atoms with Crippen molar-refractivity contribution in [3.8, 4) is 0 Å². The zero-order valence-electron chi connectivity index (χ0n) is 9.80. The molecule has 1 rings (SSSR count). The predicted octanol–water partition coefficient (Wildman–Crippen LogP) is 2.70. The first-order valence-electron chi connectivity index (χ1n) is 5.47. The highest BCUT2D eigenvalue weighted by molar-refractivity contribution is 7.99. The van der Waals surface area contributed by atoms with Crippen molar-refractivity contribution in [1.82, 2.24) is 5.48 Å². The molecule has 84 valence electrons. The molecule has 0 bridgehead atoms. The summed E-state index contributed by atoms with van der Waals surface area (Å²) >= 11 is 2.02. The maximum atomic E-state index is 5.51. The van der Waals surface area contributed by atoms with E-state index in [4.69, 9.17) is 4.84 Å².